The van der Waals surface area contributed by atoms with Crippen molar-refractivity contribution in [2.45, 2.75) is 11.3 Å². The van der Waals surface area contributed by atoms with E-state index in [-0.39, 0.29) is 11.5 Å². The molecule has 0 saturated heterocycles. The Hall–Kier alpha value is -1.87. The van der Waals surface area contributed by atoms with Crippen LogP contribution in [0.1, 0.15) is 16.2 Å². The lowest BCUT2D eigenvalue weighted by molar-refractivity contribution is 0.0950. The quantitative estimate of drug-likeness (QED) is 0.543. The van der Waals surface area contributed by atoms with Gasteiger partial charge in [0.2, 0.25) is 5.95 Å². The predicted octanol–water partition coefficient (Wildman–Crippen LogP) is 1.10. The van der Waals surface area contributed by atoms with Crippen LogP contribution in [0.15, 0.2) is 20.6 Å². The predicted molar refractivity (Wildman–Crippen MR) is 84.3 cm³/mol. The van der Waals surface area contributed by atoms with E-state index < -0.39 is 0 Å². The van der Waals surface area contributed by atoms with E-state index in [2.05, 4.69) is 25.6 Å². The second-order valence-corrected chi connectivity index (χ2v) is 6.03. The zero-order valence-corrected chi connectivity index (χ0v) is 13.2. The van der Waals surface area contributed by atoms with Crippen molar-refractivity contribution in [1.29, 1.82) is 0 Å². The van der Waals surface area contributed by atoms with E-state index in [1.807, 2.05) is 6.26 Å². The first kappa shape index (κ1) is 15.5. The number of thioether (sulfide) groups is 1. The van der Waals surface area contributed by atoms with E-state index >= 15 is 0 Å². The van der Waals surface area contributed by atoms with Crippen LogP contribution in [0.4, 0.5) is 5.95 Å². The summed E-state index contributed by atoms with van der Waals surface area (Å²) in [6.45, 7) is 2.61. The molecule has 7 nitrogen and oxygen atoms in total. The summed E-state index contributed by atoms with van der Waals surface area (Å²) >= 11 is 2.95. The molecular formula is C12H15N5O2S2. The molecule has 1 amide bonds. The fraction of sp³-hybridized carbons (Fsp3) is 0.333. The van der Waals surface area contributed by atoms with Crippen LogP contribution in [0.25, 0.3) is 0 Å². The normalized spacial score (nSPS) is 10.4. The zero-order valence-electron chi connectivity index (χ0n) is 11.6. The summed E-state index contributed by atoms with van der Waals surface area (Å²) in [5.41, 5.74) is 0.852. The number of nitrogens with one attached hydrogen (secondary N) is 3. The van der Waals surface area contributed by atoms with Crippen LogP contribution in [-0.2, 0) is 0 Å². The van der Waals surface area contributed by atoms with Crippen molar-refractivity contribution in [2.24, 2.45) is 0 Å². The van der Waals surface area contributed by atoms with Crippen LogP contribution in [0, 0.1) is 6.92 Å². The Bertz CT molecular complexity index is 682. The number of carbonyl (C=O) groups excluding carboxylic acids is 1. The van der Waals surface area contributed by atoms with Gasteiger partial charge in [-0.25, -0.2) is 9.97 Å². The third kappa shape index (κ3) is 4.57. The number of aryl methyl sites for hydroxylation is 1. The van der Waals surface area contributed by atoms with Gasteiger partial charge in [-0.1, -0.05) is 11.8 Å². The second-order valence-electron chi connectivity index (χ2n) is 4.12. The van der Waals surface area contributed by atoms with Crippen molar-refractivity contribution in [3.8, 4) is 0 Å². The van der Waals surface area contributed by atoms with Crippen LogP contribution in [-0.4, -0.2) is 40.2 Å². The van der Waals surface area contributed by atoms with Gasteiger partial charge < -0.3 is 10.6 Å². The van der Waals surface area contributed by atoms with Crippen LogP contribution >= 0.6 is 23.1 Å². The lowest BCUT2D eigenvalue weighted by atomic mass is 10.4. The number of anilines is 1. The van der Waals surface area contributed by atoms with Gasteiger partial charge in [-0.2, -0.15) is 0 Å². The van der Waals surface area contributed by atoms with E-state index in [1.54, 1.807) is 12.3 Å². The SMILES string of the molecule is CSc1nc(C(=O)NCCNc2nc(C)cc(=O)[nH]2)cs1. The number of hydrogen-bond donors (Lipinski definition) is 3. The molecule has 2 aromatic rings. The molecule has 0 saturated carbocycles. The number of rotatable bonds is 6. The molecule has 0 radical (unpaired) electrons. The Kier molecular flexibility index (Phi) is 5.34. The van der Waals surface area contributed by atoms with Crippen molar-refractivity contribution in [3.63, 3.8) is 0 Å². The molecule has 0 aliphatic carbocycles. The number of H-pyrrole nitrogens is 1. The van der Waals surface area contributed by atoms with Gasteiger partial charge in [0.05, 0.1) is 0 Å². The minimum atomic E-state index is -0.209. The Labute approximate surface area is 129 Å². The van der Waals surface area contributed by atoms with E-state index in [9.17, 15) is 9.59 Å². The Morgan fingerprint density at radius 3 is 2.90 bits per heavy atom. The maximum Gasteiger partial charge on any atom is 0.270 e. The van der Waals surface area contributed by atoms with Crippen molar-refractivity contribution >= 4 is 35.0 Å². The molecule has 2 heterocycles. The first-order valence-electron chi connectivity index (χ1n) is 6.18. The third-order valence-electron chi connectivity index (χ3n) is 2.46. The summed E-state index contributed by atoms with van der Waals surface area (Å²) in [7, 11) is 0. The van der Waals surface area contributed by atoms with Gasteiger partial charge in [0.25, 0.3) is 11.5 Å². The molecule has 0 aromatic carbocycles. The van der Waals surface area contributed by atoms with Crippen molar-refractivity contribution in [2.75, 3.05) is 24.7 Å². The maximum absolute atomic E-state index is 11.8. The molecule has 112 valence electrons. The highest BCUT2D eigenvalue weighted by atomic mass is 32.2. The van der Waals surface area contributed by atoms with Crippen LogP contribution < -0.4 is 16.2 Å². The number of carbonyl (C=O) groups is 1. The summed E-state index contributed by atoms with van der Waals surface area (Å²) in [4.78, 5) is 34.0. The van der Waals surface area contributed by atoms with Crippen LogP contribution in [0.5, 0.6) is 0 Å². The molecule has 21 heavy (non-hydrogen) atoms. The highest BCUT2D eigenvalue weighted by Gasteiger charge is 2.09. The zero-order chi connectivity index (χ0) is 15.2. The van der Waals surface area contributed by atoms with Gasteiger partial charge in [0.1, 0.15) is 10.0 Å². The van der Waals surface area contributed by atoms with Gasteiger partial charge in [0.15, 0.2) is 0 Å². The lowest BCUT2D eigenvalue weighted by Crippen LogP contribution is -2.29. The smallest absolute Gasteiger partial charge is 0.270 e. The summed E-state index contributed by atoms with van der Waals surface area (Å²) < 4.78 is 0.861. The lowest BCUT2D eigenvalue weighted by Gasteiger charge is -2.06. The van der Waals surface area contributed by atoms with Crippen molar-refractivity contribution in [1.82, 2.24) is 20.3 Å². The molecule has 2 aromatic heterocycles. The van der Waals surface area contributed by atoms with Crippen molar-refractivity contribution < 1.29 is 4.79 Å². The van der Waals surface area contributed by atoms with Gasteiger partial charge in [-0.15, -0.1) is 11.3 Å². The molecule has 0 spiro atoms. The average Bonchev–Trinajstić information content (AvgIpc) is 2.91. The number of hydrogen-bond acceptors (Lipinski definition) is 7. The Morgan fingerprint density at radius 1 is 1.43 bits per heavy atom. The summed E-state index contributed by atoms with van der Waals surface area (Å²) in [5.74, 6) is 0.187. The first-order chi connectivity index (χ1) is 10.1. The molecule has 0 aliphatic rings. The Morgan fingerprint density at radius 2 is 2.24 bits per heavy atom. The minimum Gasteiger partial charge on any atom is -0.354 e. The van der Waals surface area contributed by atoms with Gasteiger partial charge in [-0.3, -0.25) is 14.6 Å². The maximum atomic E-state index is 11.8. The fourth-order valence-corrected chi connectivity index (χ4v) is 2.81. The highest BCUT2D eigenvalue weighted by Crippen LogP contribution is 2.19. The molecule has 0 aliphatic heterocycles. The standard InChI is InChI=1S/C12H15N5O2S2/c1-7-5-9(18)17-11(15-7)14-4-3-13-10(19)8-6-21-12(16-8)20-2/h5-6H,3-4H2,1-2H3,(H,13,19)(H2,14,15,17,18). The number of thiazole rings is 1. The minimum absolute atomic E-state index is 0.207. The number of aromatic amines is 1. The monoisotopic (exact) mass is 325 g/mol. The summed E-state index contributed by atoms with van der Waals surface area (Å²) in [6, 6.07) is 1.42. The average molecular weight is 325 g/mol. The van der Waals surface area contributed by atoms with Crippen molar-refractivity contribution in [3.05, 3.63) is 33.2 Å². The van der Waals surface area contributed by atoms with Crippen LogP contribution in [0.3, 0.4) is 0 Å². The van der Waals surface area contributed by atoms with E-state index in [0.29, 0.717) is 30.4 Å². The molecule has 2 rings (SSSR count). The van der Waals surface area contributed by atoms with E-state index in [1.165, 1.54) is 29.2 Å². The van der Waals surface area contributed by atoms with Gasteiger partial charge in [-0.05, 0) is 13.2 Å². The Balaban J connectivity index is 1.79. The number of nitrogens with zero attached hydrogens (tertiary/aromatic N) is 2. The molecule has 0 unspecified atom stereocenters. The number of amides is 1. The largest absolute Gasteiger partial charge is 0.354 e. The molecule has 9 heteroatoms. The van der Waals surface area contributed by atoms with Gasteiger partial charge >= 0.3 is 0 Å². The molecule has 0 bridgehead atoms. The molecule has 0 fully saturated rings. The third-order valence-corrected chi connectivity index (χ3v) is 4.33. The first-order valence-corrected chi connectivity index (χ1v) is 8.28. The molecule has 3 N–H and O–H groups in total. The second kappa shape index (κ2) is 7.23. The molecule has 0 atom stereocenters. The van der Waals surface area contributed by atoms with E-state index in [4.69, 9.17) is 0 Å². The number of aromatic nitrogens is 3. The van der Waals surface area contributed by atoms with Crippen LogP contribution in [0.2, 0.25) is 0 Å². The van der Waals surface area contributed by atoms with E-state index in [0.717, 1.165) is 4.34 Å². The highest BCUT2D eigenvalue weighted by molar-refractivity contribution is 8.00. The van der Waals surface area contributed by atoms with Gasteiger partial charge in [0, 0.05) is 30.2 Å². The summed E-state index contributed by atoms with van der Waals surface area (Å²) in [6.07, 6.45) is 1.92. The topological polar surface area (TPSA) is 99.8 Å². The summed E-state index contributed by atoms with van der Waals surface area (Å²) in [5, 5.41) is 7.43. The fourth-order valence-electron chi connectivity index (χ4n) is 1.57. The molecular weight excluding hydrogens is 310 g/mol.